The molecule has 4 nitrogen and oxygen atoms in total. The van der Waals surface area contributed by atoms with E-state index in [1.54, 1.807) is 0 Å². The molecule has 0 saturated heterocycles. The first-order valence-corrected chi connectivity index (χ1v) is 14.7. The van der Waals surface area contributed by atoms with E-state index in [4.69, 9.17) is 4.98 Å². The number of fused-ring (bicyclic) bond motifs is 1. The van der Waals surface area contributed by atoms with Crippen molar-refractivity contribution in [2.45, 2.75) is 39.4 Å². The Morgan fingerprint density at radius 3 is 2.08 bits per heavy atom. The summed E-state index contributed by atoms with van der Waals surface area (Å²) in [6.45, 7) is 4.67. The van der Waals surface area contributed by atoms with Crippen LogP contribution in [0.15, 0.2) is 103 Å². The summed E-state index contributed by atoms with van der Waals surface area (Å²) in [6, 6.07) is 36.6. The molecule has 0 aliphatic heterocycles. The molecule has 1 N–H and O–H groups in total. The number of aromatic nitrogens is 2. The van der Waals surface area contributed by atoms with Gasteiger partial charge in [0.2, 0.25) is 5.91 Å². The Hall–Kier alpha value is -3.02. The summed E-state index contributed by atoms with van der Waals surface area (Å²) in [6.07, 6.45) is 3.23. The fourth-order valence-electron chi connectivity index (χ4n) is 4.81. The second-order valence-electron chi connectivity index (χ2n) is 9.41. The zero-order valence-corrected chi connectivity index (χ0v) is 25.0. The molecule has 194 valence electrons. The van der Waals surface area contributed by atoms with Crippen molar-refractivity contribution in [3.63, 3.8) is 0 Å². The standard InChI is InChI=1S/C32H32N3OP.HI/c1-3-4-21-35-31-20-15-25(23-37(28-11-7-5-8-12-28)29-13-9-6-10-14-29)22-30(31)34-32(35)26-16-18-27(19-17-26)33-24(2)36;/h5-20,22H,3-4,21,23H2,1-2H3,(H,33,36);1H. The Balaban J connectivity index is 0.00000336. The van der Waals surface area contributed by atoms with Crippen LogP contribution in [-0.2, 0) is 17.5 Å². The van der Waals surface area contributed by atoms with Crippen LogP contribution in [0.4, 0.5) is 5.69 Å². The summed E-state index contributed by atoms with van der Waals surface area (Å²) in [5.74, 6) is 0.911. The predicted molar refractivity (Wildman–Crippen MR) is 159 cm³/mol. The van der Waals surface area contributed by atoms with Gasteiger partial charge in [-0.2, -0.15) is 0 Å². The number of amides is 1. The normalized spacial score (nSPS) is 10.9. The Morgan fingerprint density at radius 1 is 0.868 bits per heavy atom. The molecule has 1 aromatic heterocycles. The molecule has 0 aliphatic rings. The summed E-state index contributed by atoms with van der Waals surface area (Å²) in [5.41, 5.74) is 5.39. The van der Waals surface area contributed by atoms with E-state index in [9.17, 15) is 4.79 Å². The van der Waals surface area contributed by atoms with Crippen molar-refractivity contribution >= 4 is 41.2 Å². The van der Waals surface area contributed by atoms with Crippen molar-refractivity contribution in [3.8, 4) is 11.4 Å². The van der Waals surface area contributed by atoms with E-state index in [0.29, 0.717) is 0 Å². The molecule has 0 fully saturated rings. The average molecular weight is 634 g/mol. The maximum Gasteiger partial charge on any atom is 0.221 e. The molecule has 0 atom stereocenters. The molecule has 0 aliphatic carbocycles. The van der Waals surface area contributed by atoms with E-state index in [1.165, 1.54) is 28.6 Å². The molecule has 5 rings (SSSR count). The number of carbonyl (C=O) groups excluding carboxylic acids is 1. The summed E-state index contributed by atoms with van der Waals surface area (Å²) < 4.78 is 2.34. The zero-order valence-electron chi connectivity index (χ0n) is 21.8. The minimum absolute atomic E-state index is 0. The molecule has 0 saturated carbocycles. The average Bonchev–Trinajstić information content (AvgIpc) is 3.29. The molecule has 0 bridgehead atoms. The van der Waals surface area contributed by atoms with Crippen LogP contribution < -0.4 is 39.9 Å². The van der Waals surface area contributed by atoms with E-state index < -0.39 is 7.92 Å². The molecule has 6 heteroatoms. The lowest BCUT2D eigenvalue weighted by Crippen LogP contribution is -3.00. The van der Waals surface area contributed by atoms with Crippen LogP contribution in [0.5, 0.6) is 0 Å². The largest absolute Gasteiger partial charge is 1.00 e. The van der Waals surface area contributed by atoms with Gasteiger partial charge in [0.1, 0.15) is 5.82 Å². The van der Waals surface area contributed by atoms with E-state index in [2.05, 4.69) is 95.7 Å². The fourth-order valence-corrected chi connectivity index (χ4v) is 7.37. The highest BCUT2D eigenvalue weighted by Gasteiger charge is 2.23. The van der Waals surface area contributed by atoms with Crippen molar-refractivity contribution in [2.75, 3.05) is 5.32 Å². The molecule has 5 aromatic rings. The molecule has 0 unspecified atom stereocenters. The van der Waals surface area contributed by atoms with Gasteiger partial charge in [0, 0.05) is 24.7 Å². The summed E-state index contributed by atoms with van der Waals surface area (Å²) in [5, 5.41) is 5.69. The van der Waals surface area contributed by atoms with Crippen molar-refractivity contribution in [3.05, 3.63) is 109 Å². The second-order valence-corrected chi connectivity index (χ2v) is 11.9. The van der Waals surface area contributed by atoms with Gasteiger partial charge < -0.3 is 33.9 Å². The van der Waals surface area contributed by atoms with E-state index in [0.717, 1.165) is 48.1 Å². The predicted octanol–water partition coefficient (Wildman–Crippen LogP) is 3.83. The van der Waals surface area contributed by atoms with Gasteiger partial charge in [-0.25, -0.2) is 4.98 Å². The number of rotatable bonds is 9. The number of unbranched alkanes of at least 4 members (excludes halogenated alkanes) is 1. The van der Waals surface area contributed by atoms with Gasteiger partial charge in [-0.05, 0) is 72.6 Å². The number of benzene rings is 4. The molecule has 1 amide bonds. The first kappa shape index (κ1) is 28.0. The Bertz CT molecular complexity index is 1440. The quantitative estimate of drug-likeness (QED) is 0.198. The lowest BCUT2D eigenvalue weighted by Gasteiger charge is -2.11. The number of aryl methyl sites for hydroxylation is 1. The lowest BCUT2D eigenvalue weighted by atomic mass is 10.2. The van der Waals surface area contributed by atoms with Crippen LogP contribution in [0, 0.1) is 0 Å². The van der Waals surface area contributed by atoms with Crippen LogP contribution >= 0.6 is 7.92 Å². The first-order valence-electron chi connectivity index (χ1n) is 13.0. The zero-order chi connectivity index (χ0) is 25.6. The van der Waals surface area contributed by atoms with E-state index in [1.807, 2.05) is 24.3 Å². The fraction of sp³-hybridized carbons (Fsp3) is 0.188. The lowest BCUT2D eigenvalue weighted by molar-refractivity contribution is -0.114. The van der Waals surface area contributed by atoms with E-state index in [-0.39, 0.29) is 29.9 Å². The van der Waals surface area contributed by atoms with Gasteiger partial charge in [0.15, 0.2) is 0 Å². The molecule has 0 spiro atoms. The Labute approximate surface area is 243 Å². The van der Waals surface area contributed by atoms with Gasteiger partial charge in [-0.1, -0.05) is 55.8 Å². The Morgan fingerprint density at radius 2 is 1.50 bits per heavy atom. The van der Waals surface area contributed by atoms with Crippen molar-refractivity contribution in [1.29, 1.82) is 0 Å². The first-order chi connectivity index (χ1) is 18.1. The summed E-state index contributed by atoms with van der Waals surface area (Å²) in [4.78, 5) is 16.5. The maximum atomic E-state index is 11.4. The highest BCUT2D eigenvalue weighted by molar-refractivity contribution is 7.72. The number of nitrogens with one attached hydrogen (secondary N) is 1. The second kappa shape index (κ2) is 13.2. The SMILES string of the molecule is CCCCn1c(-c2ccc(NC(C)=O)cc2)nc2cc(C[PH+](c3ccccc3)c3ccccc3)ccc21.[I-]. The number of hydrogen-bond acceptors (Lipinski definition) is 2. The molecular formula is C32H33IN3OP. The smallest absolute Gasteiger partial charge is 0.221 e. The highest BCUT2D eigenvalue weighted by Crippen LogP contribution is 2.38. The number of hydrogen-bond donors (Lipinski definition) is 1. The van der Waals surface area contributed by atoms with Gasteiger partial charge in [0.25, 0.3) is 0 Å². The number of carbonyl (C=O) groups is 1. The van der Waals surface area contributed by atoms with Crippen molar-refractivity contribution in [2.24, 2.45) is 0 Å². The summed E-state index contributed by atoms with van der Waals surface area (Å²) >= 11 is 0. The molecule has 0 radical (unpaired) electrons. The molecular weight excluding hydrogens is 600 g/mol. The molecule has 4 aromatic carbocycles. The van der Waals surface area contributed by atoms with Crippen LogP contribution in [0.1, 0.15) is 32.3 Å². The van der Waals surface area contributed by atoms with Crippen molar-refractivity contribution in [1.82, 2.24) is 9.55 Å². The van der Waals surface area contributed by atoms with Crippen LogP contribution in [0.3, 0.4) is 0 Å². The minimum atomic E-state index is -0.972. The minimum Gasteiger partial charge on any atom is -1.00 e. The van der Waals surface area contributed by atoms with Crippen LogP contribution in [0.25, 0.3) is 22.4 Å². The summed E-state index contributed by atoms with van der Waals surface area (Å²) in [7, 11) is -0.972. The third-order valence-electron chi connectivity index (χ3n) is 6.64. The van der Waals surface area contributed by atoms with Crippen LogP contribution in [0.2, 0.25) is 0 Å². The highest BCUT2D eigenvalue weighted by atomic mass is 127. The number of imidazole rings is 1. The third-order valence-corrected chi connectivity index (χ3v) is 9.46. The maximum absolute atomic E-state index is 11.4. The number of nitrogens with zero attached hydrogens (tertiary/aromatic N) is 2. The van der Waals surface area contributed by atoms with Gasteiger partial charge in [-0.15, -0.1) is 0 Å². The molecule has 38 heavy (non-hydrogen) atoms. The van der Waals surface area contributed by atoms with Gasteiger partial charge >= 0.3 is 0 Å². The topological polar surface area (TPSA) is 46.9 Å². The van der Waals surface area contributed by atoms with Gasteiger partial charge in [0.05, 0.1) is 35.7 Å². The third kappa shape index (κ3) is 6.51. The number of halogens is 1. The monoisotopic (exact) mass is 633 g/mol. The van der Waals surface area contributed by atoms with Crippen LogP contribution in [-0.4, -0.2) is 15.5 Å². The number of anilines is 1. The van der Waals surface area contributed by atoms with Crippen molar-refractivity contribution < 1.29 is 28.8 Å². The van der Waals surface area contributed by atoms with E-state index >= 15 is 0 Å². The van der Waals surface area contributed by atoms with Gasteiger partial charge in [-0.3, -0.25) is 4.79 Å². The molecule has 1 heterocycles. The Kier molecular flexibility index (Phi) is 9.70.